The Morgan fingerprint density at radius 1 is 1.03 bits per heavy atom. The lowest BCUT2D eigenvalue weighted by atomic mass is 9.76. The Bertz CT molecular complexity index is 693. The minimum atomic E-state index is -3.58. The monoisotopic (exact) mass is 420 g/mol. The van der Waals surface area contributed by atoms with Crippen LogP contribution in [0.1, 0.15) is 63.9 Å². The lowest BCUT2D eigenvalue weighted by Crippen LogP contribution is -2.40. The lowest BCUT2D eigenvalue weighted by molar-refractivity contribution is -0.226. The molecule has 0 amide bonds. The fraction of sp³-hybridized carbons (Fsp3) is 0.727. The molecule has 1 saturated carbocycles. The molecule has 2 nitrogen and oxygen atoms in total. The smallest absolute Gasteiger partial charge is 0.400 e. The van der Waals surface area contributed by atoms with E-state index < -0.39 is 40.8 Å². The maximum atomic E-state index is 14.7. The molecule has 1 aromatic rings. The Morgan fingerprint density at radius 3 is 2.31 bits per heavy atom. The Morgan fingerprint density at radius 2 is 1.72 bits per heavy atom. The van der Waals surface area contributed by atoms with E-state index in [4.69, 9.17) is 9.47 Å². The van der Waals surface area contributed by atoms with Crippen LogP contribution in [0.15, 0.2) is 6.07 Å². The van der Waals surface area contributed by atoms with Crippen LogP contribution in [0.25, 0.3) is 0 Å². The normalized spacial score (nSPS) is 28.4. The van der Waals surface area contributed by atoms with Crippen LogP contribution in [0.2, 0.25) is 0 Å². The average molecular weight is 420 g/mol. The van der Waals surface area contributed by atoms with Gasteiger partial charge in [0.15, 0.2) is 17.5 Å². The van der Waals surface area contributed by atoms with Gasteiger partial charge in [-0.1, -0.05) is 13.3 Å². The summed E-state index contributed by atoms with van der Waals surface area (Å²) in [6, 6.07) is 0.482. The standard InChI is InChI=1S/C22H29F5O2/c1-3-4-14-5-10-18(28-12-14)15-6-8-16(9-7-15)22(26,27)29-19-11-17(23)21(25)20(24)13(19)2/h11,14-16,18H,3-10,12H2,1-2H3. The molecular weight excluding hydrogens is 391 g/mol. The first-order valence-corrected chi connectivity index (χ1v) is 10.5. The zero-order valence-electron chi connectivity index (χ0n) is 17.0. The molecule has 2 atom stereocenters. The van der Waals surface area contributed by atoms with Gasteiger partial charge < -0.3 is 9.47 Å². The molecule has 3 rings (SSSR count). The van der Waals surface area contributed by atoms with Gasteiger partial charge in [0.25, 0.3) is 0 Å². The van der Waals surface area contributed by atoms with Crippen LogP contribution < -0.4 is 4.74 Å². The van der Waals surface area contributed by atoms with E-state index >= 15 is 0 Å². The summed E-state index contributed by atoms with van der Waals surface area (Å²) in [4.78, 5) is 0. The number of alkyl halides is 2. The summed E-state index contributed by atoms with van der Waals surface area (Å²) in [5.74, 6) is -5.59. The fourth-order valence-corrected chi connectivity index (χ4v) is 4.66. The number of ether oxygens (including phenoxy) is 2. The molecule has 2 fully saturated rings. The molecule has 1 aliphatic heterocycles. The van der Waals surface area contributed by atoms with Crippen molar-refractivity contribution in [3.8, 4) is 5.75 Å². The molecule has 29 heavy (non-hydrogen) atoms. The second kappa shape index (κ2) is 9.19. The number of halogens is 5. The summed E-state index contributed by atoms with van der Waals surface area (Å²) >= 11 is 0. The van der Waals surface area contributed by atoms with Crippen LogP contribution in [-0.2, 0) is 4.74 Å². The summed E-state index contributed by atoms with van der Waals surface area (Å²) in [5, 5.41) is 0. The molecule has 1 aliphatic carbocycles. The Kier molecular flexibility index (Phi) is 7.07. The Balaban J connectivity index is 1.56. The molecule has 0 aromatic heterocycles. The second-order valence-corrected chi connectivity index (χ2v) is 8.49. The van der Waals surface area contributed by atoms with Crippen molar-refractivity contribution in [1.82, 2.24) is 0 Å². The minimum Gasteiger partial charge on any atom is -0.432 e. The maximum absolute atomic E-state index is 14.7. The Labute approximate surface area is 168 Å². The van der Waals surface area contributed by atoms with Gasteiger partial charge in [0.2, 0.25) is 0 Å². The van der Waals surface area contributed by atoms with Crippen molar-refractivity contribution < 1.29 is 31.4 Å². The maximum Gasteiger partial charge on any atom is 0.400 e. The molecule has 2 aliphatic rings. The lowest BCUT2D eigenvalue weighted by Gasteiger charge is -2.39. The first-order chi connectivity index (χ1) is 13.7. The largest absolute Gasteiger partial charge is 0.432 e. The number of hydrogen-bond donors (Lipinski definition) is 0. The van der Waals surface area contributed by atoms with Gasteiger partial charge in [-0.25, -0.2) is 13.2 Å². The molecule has 2 unspecified atom stereocenters. The predicted molar refractivity (Wildman–Crippen MR) is 99.4 cm³/mol. The zero-order valence-corrected chi connectivity index (χ0v) is 17.0. The molecular formula is C22H29F5O2. The van der Waals surface area contributed by atoms with E-state index in [-0.39, 0.29) is 24.9 Å². The van der Waals surface area contributed by atoms with E-state index in [9.17, 15) is 22.0 Å². The number of rotatable bonds is 6. The fourth-order valence-electron chi connectivity index (χ4n) is 4.66. The molecule has 0 N–H and O–H groups in total. The molecule has 7 heteroatoms. The molecule has 0 radical (unpaired) electrons. The highest BCUT2D eigenvalue weighted by Crippen LogP contribution is 2.43. The van der Waals surface area contributed by atoms with E-state index in [0.717, 1.165) is 39.2 Å². The van der Waals surface area contributed by atoms with Crippen LogP contribution in [-0.4, -0.2) is 18.8 Å². The first-order valence-electron chi connectivity index (χ1n) is 10.5. The quantitative estimate of drug-likeness (QED) is 0.373. The van der Waals surface area contributed by atoms with Gasteiger partial charge in [0.1, 0.15) is 5.75 Å². The summed E-state index contributed by atoms with van der Waals surface area (Å²) in [7, 11) is 0. The summed E-state index contributed by atoms with van der Waals surface area (Å²) in [6.45, 7) is 4.00. The van der Waals surface area contributed by atoms with Gasteiger partial charge in [0.05, 0.1) is 12.0 Å². The third-order valence-electron chi connectivity index (χ3n) is 6.48. The summed E-state index contributed by atoms with van der Waals surface area (Å²) in [6.07, 6.45) is 2.66. The third-order valence-corrected chi connectivity index (χ3v) is 6.48. The SMILES string of the molecule is CCCC1CCC(C2CCC(C(F)(F)Oc3cc(F)c(F)c(F)c3C)CC2)OC1. The highest BCUT2D eigenvalue weighted by Gasteiger charge is 2.45. The van der Waals surface area contributed by atoms with Crippen molar-refractivity contribution in [2.45, 2.75) is 77.4 Å². The molecule has 164 valence electrons. The van der Waals surface area contributed by atoms with Crippen molar-refractivity contribution in [2.75, 3.05) is 6.61 Å². The van der Waals surface area contributed by atoms with Gasteiger partial charge in [-0.15, -0.1) is 0 Å². The second-order valence-electron chi connectivity index (χ2n) is 8.49. The molecule has 1 heterocycles. The minimum absolute atomic E-state index is 0.126. The topological polar surface area (TPSA) is 18.5 Å². The highest BCUT2D eigenvalue weighted by atomic mass is 19.3. The molecule has 1 saturated heterocycles. The van der Waals surface area contributed by atoms with Gasteiger partial charge in [-0.2, -0.15) is 8.78 Å². The van der Waals surface area contributed by atoms with Crippen LogP contribution in [0.4, 0.5) is 22.0 Å². The first kappa shape index (κ1) is 22.3. The van der Waals surface area contributed by atoms with Crippen molar-refractivity contribution in [1.29, 1.82) is 0 Å². The van der Waals surface area contributed by atoms with E-state index in [1.54, 1.807) is 0 Å². The third kappa shape index (κ3) is 5.04. The van der Waals surface area contributed by atoms with E-state index in [0.29, 0.717) is 24.8 Å². The van der Waals surface area contributed by atoms with E-state index in [1.165, 1.54) is 0 Å². The van der Waals surface area contributed by atoms with Crippen LogP contribution in [0.5, 0.6) is 5.75 Å². The van der Waals surface area contributed by atoms with Crippen molar-refractivity contribution in [2.24, 2.45) is 17.8 Å². The summed E-state index contributed by atoms with van der Waals surface area (Å²) < 4.78 is 80.3. The zero-order chi connectivity index (χ0) is 21.2. The van der Waals surface area contributed by atoms with Gasteiger partial charge in [0, 0.05) is 18.2 Å². The molecule has 1 aromatic carbocycles. The van der Waals surface area contributed by atoms with Gasteiger partial charge in [-0.3, -0.25) is 0 Å². The summed E-state index contributed by atoms with van der Waals surface area (Å²) in [5.41, 5.74) is -0.463. The Hall–Kier alpha value is -1.37. The van der Waals surface area contributed by atoms with Crippen LogP contribution in [0.3, 0.4) is 0 Å². The average Bonchev–Trinajstić information content (AvgIpc) is 2.71. The van der Waals surface area contributed by atoms with Crippen molar-refractivity contribution in [3.05, 3.63) is 29.1 Å². The number of hydrogen-bond acceptors (Lipinski definition) is 2. The van der Waals surface area contributed by atoms with Crippen LogP contribution >= 0.6 is 0 Å². The van der Waals surface area contributed by atoms with E-state index in [2.05, 4.69) is 6.92 Å². The highest BCUT2D eigenvalue weighted by molar-refractivity contribution is 5.35. The van der Waals surface area contributed by atoms with Crippen molar-refractivity contribution >= 4 is 0 Å². The van der Waals surface area contributed by atoms with E-state index in [1.807, 2.05) is 0 Å². The van der Waals surface area contributed by atoms with Crippen LogP contribution in [0, 0.1) is 42.1 Å². The predicted octanol–water partition coefficient (Wildman–Crippen LogP) is 6.79. The van der Waals surface area contributed by atoms with Gasteiger partial charge >= 0.3 is 6.11 Å². The van der Waals surface area contributed by atoms with Gasteiger partial charge in [-0.05, 0) is 63.7 Å². The molecule has 0 bridgehead atoms. The molecule has 0 spiro atoms. The number of benzene rings is 1. The van der Waals surface area contributed by atoms with Crippen molar-refractivity contribution in [3.63, 3.8) is 0 Å².